The molecule has 1 aliphatic heterocycles. The van der Waals surface area contributed by atoms with Crippen LogP contribution in [0.5, 0.6) is 0 Å². The first kappa shape index (κ1) is 5.65. The van der Waals surface area contributed by atoms with E-state index >= 15 is 0 Å². The lowest BCUT2D eigenvalue weighted by atomic mass is 9.97. The molecule has 0 bridgehead atoms. The lowest BCUT2D eigenvalue weighted by Crippen LogP contribution is -2.27. The van der Waals surface area contributed by atoms with Crippen molar-refractivity contribution in [3.63, 3.8) is 0 Å². The minimum Gasteiger partial charge on any atom is -0.330 e. The second kappa shape index (κ2) is 3.15. The van der Waals surface area contributed by atoms with E-state index in [-0.39, 0.29) is 0 Å². The van der Waals surface area contributed by atoms with Gasteiger partial charge in [-0.15, -0.1) is 0 Å². The van der Waals surface area contributed by atoms with E-state index in [0.717, 1.165) is 13.1 Å². The molecule has 1 rings (SSSR count). The number of nitrogens with two attached hydrogens (primary N) is 2. The fraction of sp³-hybridized carbons (Fsp3) is 1.00. The average Bonchev–Trinajstić information content (AvgIpc) is 2.30. The zero-order valence-corrected chi connectivity index (χ0v) is 5.59. The third kappa shape index (κ3) is 1.41. The van der Waals surface area contributed by atoms with Crippen LogP contribution in [0.3, 0.4) is 0 Å². The van der Waals surface area contributed by atoms with E-state index in [4.69, 9.17) is 12.9 Å². The summed E-state index contributed by atoms with van der Waals surface area (Å²) in [5, 5.41) is 1.55. The fourth-order valence-corrected chi connectivity index (χ4v) is 1.24. The van der Waals surface area contributed by atoms with Crippen molar-refractivity contribution < 1.29 is 1.41 Å². The monoisotopic (exact) mass is 130 g/mol. The molecule has 1 fully saturated rings. The summed E-state index contributed by atoms with van der Waals surface area (Å²) in [5.74, 6) is 0.894. The summed E-state index contributed by atoms with van der Waals surface area (Å²) in [5.41, 5.74) is 11.0. The van der Waals surface area contributed by atoms with Gasteiger partial charge in [-0.1, -0.05) is 0 Å². The normalized spacial score (nSPS) is 39.1. The van der Waals surface area contributed by atoms with Gasteiger partial charge in [-0.3, -0.25) is 0 Å². The van der Waals surface area contributed by atoms with Gasteiger partial charge in [0.1, 0.15) is 1.41 Å². The standard InChI is InChI=1S/C6H15N3/c7-1-5-3-9-4-6(5)2-8/h5-6,9H,1-4,7-8H2/t5-,6+/i/hD. The molecule has 0 aromatic heterocycles. The molecule has 0 aliphatic carbocycles. The van der Waals surface area contributed by atoms with E-state index in [2.05, 4.69) is 0 Å². The molecule has 1 aliphatic rings. The van der Waals surface area contributed by atoms with Crippen LogP contribution in [0, 0.1) is 11.8 Å². The molecular formula is C6H15N3. The molecule has 1 saturated heterocycles. The highest BCUT2D eigenvalue weighted by molar-refractivity contribution is 4.81. The highest BCUT2D eigenvalue weighted by Crippen LogP contribution is 2.12. The molecular weight excluding hydrogens is 114 g/mol. The van der Waals surface area contributed by atoms with Gasteiger partial charge in [0.2, 0.25) is 0 Å². The summed E-state index contributed by atoms with van der Waals surface area (Å²) >= 11 is 0. The van der Waals surface area contributed by atoms with Crippen LogP contribution in [0.15, 0.2) is 0 Å². The third-order valence-corrected chi connectivity index (χ3v) is 2.00. The van der Waals surface area contributed by atoms with Gasteiger partial charge in [-0.05, 0) is 38.0 Å². The third-order valence-electron chi connectivity index (χ3n) is 2.00. The van der Waals surface area contributed by atoms with E-state index < -0.39 is 0 Å². The van der Waals surface area contributed by atoms with Crippen molar-refractivity contribution in [2.45, 2.75) is 0 Å². The smallest absolute Gasteiger partial charge is 0.122 e. The molecule has 3 heteroatoms. The molecule has 2 atom stereocenters. The van der Waals surface area contributed by atoms with E-state index in [1.165, 1.54) is 0 Å². The van der Waals surface area contributed by atoms with Crippen molar-refractivity contribution in [3.8, 4) is 0 Å². The summed E-state index contributed by atoms with van der Waals surface area (Å²) in [6.07, 6.45) is 0. The minimum atomic E-state index is 0.447. The molecule has 0 aromatic rings. The lowest BCUT2D eigenvalue weighted by molar-refractivity contribution is 0.437. The van der Waals surface area contributed by atoms with Crippen molar-refractivity contribution in [1.82, 2.24) is 5.31 Å². The number of hydrogen-bond donors (Lipinski definition) is 3. The van der Waals surface area contributed by atoms with Crippen LogP contribution in [0.4, 0.5) is 0 Å². The van der Waals surface area contributed by atoms with Crippen LogP contribution >= 0.6 is 0 Å². The number of nitrogens with one attached hydrogen (secondary N) is 1. The Kier molecular flexibility index (Phi) is 1.98. The van der Waals surface area contributed by atoms with E-state index in [9.17, 15) is 0 Å². The van der Waals surface area contributed by atoms with E-state index in [1.807, 2.05) is 0 Å². The van der Waals surface area contributed by atoms with Gasteiger partial charge in [0.05, 0.1) is 0 Å². The van der Waals surface area contributed by atoms with Crippen LogP contribution in [0.1, 0.15) is 0 Å². The van der Waals surface area contributed by atoms with Crippen LogP contribution in [0.25, 0.3) is 0 Å². The summed E-state index contributed by atoms with van der Waals surface area (Å²) in [6.45, 7) is 2.91. The maximum atomic E-state index is 7.32. The molecule has 0 saturated carbocycles. The van der Waals surface area contributed by atoms with Crippen LogP contribution in [-0.2, 0) is 0 Å². The largest absolute Gasteiger partial charge is 0.330 e. The van der Waals surface area contributed by atoms with Crippen molar-refractivity contribution in [2.24, 2.45) is 23.3 Å². The molecule has 0 amide bonds. The Labute approximate surface area is 57.3 Å². The first-order valence-electron chi connectivity index (χ1n) is 3.86. The summed E-state index contributed by atoms with van der Waals surface area (Å²) in [7, 11) is 0. The van der Waals surface area contributed by atoms with Crippen LogP contribution in [-0.4, -0.2) is 26.2 Å². The van der Waals surface area contributed by atoms with Gasteiger partial charge < -0.3 is 16.8 Å². The SMILES string of the molecule is [2H]N1C[C@@H](CN)[C@@H](CN)C1. The van der Waals surface area contributed by atoms with Crippen LogP contribution < -0.4 is 16.8 Å². The highest BCUT2D eigenvalue weighted by atomic mass is 14.9. The van der Waals surface area contributed by atoms with E-state index in [1.54, 1.807) is 5.31 Å². The van der Waals surface area contributed by atoms with Gasteiger partial charge >= 0.3 is 0 Å². The van der Waals surface area contributed by atoms with Crippen LogP contribution in [0.2, 0.25) is 1.41 Å². The molecule has 0 spiro atoms. The summed E-state index contributed by atoms with van der Waals surface area (Å²) in [4.78, 5) is 0. The Morgan fingerprint density at radius 2 is 1.78 bits per heavy atom. The molecule has 0 radical (unpaired) electrons. The molecule has 0 aromatic carbocycles. The first-order chi connectivity index (χ1) is 4.77. The quantitative estimate of drug-likeness (QED) is 0.437. The average molecular weight is 130 g/mol. The zero-order valence-electron chi connectivity index (χ0n) is 6.59. The molecule has 0 unspecified atom stereocenters. The van der Waals surface area contributed by atoms with Crippen molar-refractivity contribution >= 4 is 0 Å². The Morgan fingerprint density at radius 1 is 1.33 bits per heavy atom. The number of rotatable bonds is 2. The second-order valence-corrected chi connectivity index (χ2v) is 2.58. The highest BCUT2D eigenvalue weighted by Gasteiger charge is 2.23. The van der Waals surface area contributed by atoms with Gasteiger partial charge in [0.15, 0.2) is 0 Å². The Morgan fingerprint density at radius 3 is 2.11 bits per heavy atom. The maximum Gasteiger partial charge on any atom is 0.122 e. The minimum absolute atomic E-state index is 0.447. The topological polar surface area (TPSA) is 64.1 Å². The second-order valence-electron chi connectivity index (χ2n) is 2.58. The van der Waals surface area contributed by atoms with Gasteiger partial charge in [-0.25, -0.2) is 0 Å². The van der Waals surface area contributed by atoms with Crippen molar-refractivity contribution in [1.29, 1.82) is 0 Å². The number of hydrogen-bond acceptors (Lipinski definition) is 3. The Hall–Kier alpha value is -0.120. The molecule has 54 valence electrons. The van der Waals surface area contributed by atoms with Crippen molar-refractivity contribution in [3.05, 3.63) is 0 Å². The Bertz CT molecular complexity index is 97.2. The maximum absolute atomic E-state index is 7.32. The molecule has 1 heterocycles. The van der Waals surface area contributed by atoms with Crippen molar-refractivity contribution in [2.75, 3.05) is 26.2 Å². The Balaban J connectivity index is 2.41. The van der Waals surface area contributed by atoms with Gasteiger partial charge in [-0.2, -0.15) is 0 Å². The van der Waals surface area contributed by atoms with Gasteiger partial charge in [0.25, 0.3) is 0 Å². The lowest BCUT2D eigenvalue weighted by Gasteiger charge is -2.12. The van der Waals surface area contributed by atoms with E-state index in [0.29, 0.717) is 24.9 Å². The predicted molar refractivity (Wildman–Crippen MR) is 38.0 cm³/mol. The summed E-state index contributed by atoms with van der Waals surface area (Å²) in [6, 6.07) is 0. The molecule has 3 nitrogen and oxygen atoms in total. The first-order valence-corrected chi connectivity index (χ1v) is 3.42. The summed E-state index contributed by atoms with van der Waals surface area (Å²) < 4.78 is 7.32. The zero-order chi connectivity index (χ0) is 7.56. The molecule has 5 N–H and O–H groups in total. The van der Waals surface area contributed by atoms with Gasteiger partial charge in [0, 0.05) is 0 Å². The predicted octanol–water partition coefficient (Wildman–Crippen LogP) is -1.26. The fourth-order valence-electron chi connectivity index (χ4n) is 1.24. The molecule has 9 heavy (non-hydrogen) atoms.